The third-order valence-electron chi connectivity index (χ3n) is 4.36. The van der Waals surface area contributed by atoms with Crippen LogP contribution in [0.15, 0.2) is 0 Å². The van der Waals surface area contributed by atoms with Gasteiger partial charge in [-0.05, 0) is 37.5 Å². The summed E-state index contributed by atoms with van der Waals surface area (Å²) in [6.07, 6.45) is 6.15. The van der Waals surface area contributed by atoms with Gasteiger partial charge in [0.2, 0.25) is 0 Å². The Morgan fingerprint density at radius 2 is 1.11 bits per heavy atom. The van der Waals surface area contributed by atoms with Gasteiger partial charge >= 0.3 is 11.9 Å². The summed E-state index contributed by atoms with van der Waals surface area (Å²) in [6.45, 7) is 4.04. The number of hydrogen-bond acceptors (Lipinski definition) is 2. The van der Waals surface area contributed by atoms with E-state index in [2.05, 4.69) is 0 Å². The second-order valence-electron chi connectivity index (χ2n) is 5.71. The van der Waals surface area contributed by atoms with Crippen molar-refractivity contribution in [3.05, 3.63) is 0 Å². The molecule has 2 aliphatic carbocycles. The van der Waals surface area contributed by atoms with E-state index in [-0.39, 0.29) is 31.3 Å². The van der Waals surface area contributed by atoms with Crippen LogP contribution in [0.5, 0.6) is 0 Å². The Kier molecular flexibility index (Phi) is 8.48. The minimum Gasteiger partial charge on any atom is -0.481 e. The first-order valence-electron chi connectivity index (χ1n) is 6.89. The van der Waals surface area contributed by atoms with Crippen molar-refractivity contribution in [3.8, 4) is 0 Å². The molecular formula is C14H24O4Zn. The summed E-state index contributed by atoms with van der Waals surface area (Å²) < 4.78 is 0. The van der Waals surface area contributed by atoms with Crippen molar-refractivity contribution in [2.75, 3.05) is 0 Å². The fourth-order valence-electron chi connectivity index (χ4n) is 3.02. The van der Waals surface area contributed by atoms with E-state index >= 15 is 0 Å². The summed E-state index contributed by atoms with van der Waals surface area (Å²) in [7, 11) is 0. The molecule has 2 N–H and O–H groups in total. The van der Waals surface area contributed by atoms with Gasteiger partial charge in [-0.25, -0.2) is 0 Å². The van der Waals surface area contributed by atoms with Gasteiger partial charge in [-0.2, -0.15) is 0 Å². The summed E-state index contributed by atoms with van der Waals surface area (Å²) >= 11 is 0. The predicted molar refractivity (Wildman–Crippen MR) is 68.3 cm³/mol. The number of carboxylic acid groups (broad SMARTS) is 2. The number of carbonyl (C=O) groups is 2. The van der Waals surface area contributed by atoms with Gasteiger partial charge in [0.1, 0.15) is 0 Å². The molecular weight excluding hydrogens is 298 g/mol. The van der Waals surface area contributed by atoms with Crippen LogP contribution in [0.4, 0.5) is 0 Å². The van der Waals surface area contributed by atoms with Crippen LogP contribution >= 0.6 is 0 Å². The normalized spacial score (nSPS) is 32.9. The molecule has 2 fully saturated rings. The van der Waals surface area contributed by atoms with E-state index in [9.17, 15) is 9.59 Å². The van der Waals surface area contributed by atoms with Gasteiger partial charge in [0.05, 0.1) is 11.8 Å². The standard InChI is InChI=1S/2C7H12O2.Zn/c2*1-5-3-2-4-6(5)7(8)9;/h2*5-6H,2-4H2,1H3,(H,8,9);. The van der Waals surface area contributed by atoms with Crippen LogP contribution in [0.3, 0.4) is 0 Å². The molecule has 0 aromatic carbocycles. The maximum atomic E-state index is 10.4. The molecule has 2 saturated carbocycles. The monoisotopic (exact) mass is 320 g/mol. The van der Waals surface area contributed by atoms with Crippen LogP contribution in [-0.2, 0) is 29.1 Å². The Hall–Kier alpha value is -0.437. The van der Waals surface area contributed by atoms with E-state index in [1.54, 1.807) is 0 Å². The SMILES string of the molecule is CC1CCCC1C(=O)O.CC1CCCC1C(=O)O.[Zn]. The number of carboxylic acids is 2. The van der Waals surface area contributed by atoms with Crippen molar-refractivity contribution < 1.29 is 39.3 Å². The van der Waals surface area contributed by atoms with E-state index in [0.717, 1.165) is 38.5 Å². The molecule has 0 spiro atoms. The molecule has 0 amide bonds. The Morgan fingerprint density at radius 3 is 1.21 bits per heavy atom. The molecule has 106 valence electrons. The molecule has 4 unspecified atom stereocenters. The van der Waals surface area contributed by atoms with Crippen LogP contribution in [0, 0.1) is 23.7 Å². The maximum Gasteiger partial charge on any atom is 0.306 e. The number of rotatable bonds is 2. The molecule has 2 aliphatic rings. The molecule has 0 aromatic heterocycles. The number of hydrogen-bond donors (Lipinski definition) is 2. The Morgan fingerprint density at radius 1 is 0.789 bits per heavy atom. The molecule has 0 heterocycles. The van der Waals surface area contributed by atoms with Gasteiger partial charge in [0.15, 0.2) is 0 Å². The van der Waals surface area contributed by atoms with Gasteiger partial charge in [0.25, 0.3) is 0 Å². The van der Waals surface area contributed by atoms with Crippen LogP contribution in [0.1, 0.15) is 52.4 Å². The van der Waals surface area contributed by atoms with Crippen molar-refractivity contribution in [2.24, 2.45) is 23.7 Å². The molecule has 0 radical (unpaired) electrons. The van der Waals surface area contributed by atoms with Crippen molar-refractivity contribution >= 4 is 11.9 Å². The summed E-state index contributed by atoms with van der Waals surface area (Å²) in [5.41, 5.74) is 0. The van der Waals surface area contributed by atoms with Crippen molar-refractivity contribution in [3.63, 3.8) is 0 Å². The molecule has 0 bridgehead atoms. The zero-order valence-electron chi connectivity index (χ0n) is 12.0. The largest absolute Gasteiger partial charge is 0.481 e. The van der Waals surface area contributed by atoms with Crippen molar-refractivity contribution in [1.82, 2.24) is 0 Å². The molecule has 4 nitrogen and oxygen atoms in total. The maximum absolute atomic E-state index is 10.4. The van der Waals surface area contributed by atoms with Gasteiger partial charge in [0, 0.05) is 19.5 Å². The van der Waals surface area contributed by atoms with Crippen molar-refractivity contribution in [2.45, 2.75) is 52.4 Å². The van der Waals surface area contributed by atoms with E-state index in [1.165, 1.54) is 0 Å². The first-order valence-corrected chi connectivity index (χ1v) is 6.89. The minimum absolute atomic E-state index is 0. The second-order valence-corrected chi connectivity index (χ2v) is 5.71. The van der Waals surface area contributed by atoms with Crippen LogP contribution in [0.25, 0.3) is 0 Å². The van der Waals surface area contributed by atoms with E-state index < -0.39 is 11.9 Å². The predicted octanol–water partition coefficient (Wildman–Crippen LogP) is 3.01. The average molecular weight is 322 g/mol. The molecule has 19 heavy (non-hydrogen) atoms. The zero-order chi connectivity index (χ0) is 13.7. The van der Waals surface area contributed by atoms with Crippen LogP contribution in [0.2, 0.25) is 0 Å². The fourth-order valence-corrected chi connectivity index (χ4v) is 3.02. The molecule has 2 rings (SSSR count). The third kappa shape index (κ3) is 5.60. The molecule has 0 aliphatic heterocycles. The van der Waals surface area contributed by atoms with Crippen molar-refractivity contribution in [1.29, 1.82) is 0 Å². The van der Waals surface area contributed by atoms with Crippen LogP contribution < -0.4 is 0 Å². The summed E-state index contributed by atoms with van der Waals surface area (Å²) in [4.78, 5) is 20.8. The average Bonchev–Trinajstić information content (AvgIpc) is 2.87. The molecule has 0 saturated heterocycles. The summed E-state index contributed by atoms with van der Waals surface area (Å²) in [5, 5.41) is 17.2. The fraction of sp³-hybridized carbons (Fsp3) is 0.857. The van der Waals surface area contributed by atoms with Gasteiger partial charge in [-0.3, -0.25) is 9.59 Å². The Bertz CT molecular complexity index is 276. The van der Waals surface area contributed by atoms with E-state index in [0.29, 0.717) is 11.8 Å². The topological polar surface area (TPSA) is 74.6 Å². The van der Waals surface area contributed by atoms with Gasteiger partial charge < -0.3 is 10.2 Å². The molecule has 4 atom stereocenters. The molecule has 5 heteroatoms. The van der Waals surface area contributed by atoms with E-state index in [1.807, 2.05) is 13.8 Å². The summed E-state index contributed by atoms with van der Waals surface area (Å²) in [6, 6.07) is 0. The van der Waals surface area contributed by atoms with Crippen LogP contribution in [-0.4, -0.2) is 22.2 Å². The first-order chi connectivity index (χ1) is 8.43. The number of aliphatic carboxylic acids is 2. The molecule has 0 aromatic rings. The smallest absolute Gasteiger partial charge is 0.306 e. The second kappa shape index (κ2) is 8.68. The minimum atomic E-state index is -0.611. The summed E-state index contributed by atoms with van der Waals surface area (Å²) in [5.74, 6) is -0.514. The van der Waals surface area contributed by atoms with E-state index in [4.69, 9.17) is 10.2 Å². The zero-order valence-corrected chi connectivity index (χ0v) is 14.9. The Labute approximate surface area is 127 Å². The third-order valence-corrected chi connectivity index (χ3v) is 4.36. The van der Waals surface area contributed by atoms with Gasteiger partial charge in [-0.15, -0.1) is 0 Å². The first kappa shape index (κ1) is 18.6. The Balaban J connectivity index is 0.000000324. The van der Waals surface area contributed by atoms with Gasteiger partial charge in [-0.1, -0.05) is 26.7 Å². The quantitative estimate of drug-likeness (QED) is 0.767.